The number of Topliss-reactive ketones (excluding diaryl/α,β-unsaturated/α-hetero) is 1. The van der Waals surface area contributed by atoms with Gasteiger partial charge in [0.2, 0.25) is 0 Å². The van der Waals surface area contributed by atoms with Crippen LogP contribution in [0.4, 0.5) is 0 Å². The zero-order chi connectivity index (χ0) is 20.3. The van der Waals surface area contributed by atoms with E-state index in [4.69, 9.17) is 9.47 Å². The highest BCUT2D eigenvalue weighted by atomic mass is 32.2. The van der Waals surface area contributed by atoms with E-state index in [-0.39, 0.29) is 36.3 Å². The summed E-state index contributed by atoms with van der Waals surface area (Å²) in [6.07, 6.45) is 0. The molecule has 0 spiro atoms. The zero-order valence-electron chi connectivity index (χ0n) is 15.9. The minimum atomic E-state index is -1.09. The van der Waals surface area contributed by atoms with Gasteiger partial charge in [-0.25, -0.2) is 4.98 Å². The van der Waals surface area contributed by atoms with E-state index in [0.717, 1.165) is 22.7 Å². The number of fused-ring (bicyclic) bond motifs is 3. The number of aromatic amines is 1. The molecule has 0 radical (unpaired) electrons. The number of methoxy groups -OCH3 is 1. The van der Waals surface area contributed by atoms with Crippen molar-refractivity contribution in [1.82, 2.24) is 14.5 Å². The Balaban J connectivity index is 2.17. The van der Waals surface area contributed by atoms with Crippen LogP contribution < -0.4 is 5.56 Å². The Labute approximate surface area is 165 Å². The number of ketones is 1. The number of carbonyl (C=O) groups excluding carboxylic acids is 2. The average molecular weight is 403 g/mol. The minimum absolute atomic E-state index is 0.161. The highest BCUT2D eigenvalue weighted by Crippen LogP contribution is 2.27. The van der Waals surface area contributed by atoms with Gasteiger partial charge in [-0.3, -0.25) is 19.0 Å². The summed E-state index contributed by atoms with van der Waals surface area (Å²) < 4.78 is 11.5. The van der Waals surface area contributed by atoms with Gasteiger partial charge in [-0.15, -0.1) is 0 Å². The van der Waals surface area contributed by atoms with Crippen LogP contribution in [0, 0.1) is 0 Å². The molecule has 0 saturated carbocycles. The maximum Gasteiger partial charge on any atom is 0.327 e. The van der Waals surface area contributed by atoms with Crippen LogP contribution in [0.2, 0.25) is 0 Å². The van der Waals surface area contributed by atoms with Gasteiger partial charge in [0.1, 0.15) is 11.0 Å². The lowest BCUT2D eigenvalue weighted by Gasteiger charge is -2.15. The largest absolute Gasteiger partial charge is 0.465 e. The summed E-state index contributed by atoms with van der Waals surface area (Å²) in [5.41, 5.74) is 1.38. The molecule has 8 nitrogen and oxygen atoms in total. The van der Waals surface area contributed by atoms with Crippen LogP contribution in [0.25, 0.3) is 21.9 Å². The molecule has 2 heterocycles. The molecular formula is C19H21N3O5S. The van der Waals surface area contributed by atoms with Crippen molar-refractivity contribution in [3.05, 3.63) is 34.6 Å². The SMILES string of the molecule is CCOC(=O)C(Sc1nc2c([nH]c3ccccc32)c(=O)n1CCOC)C(C)=O. The molecule has 0 aliphatic heterocycles. The molecule has 0 bridgehead atoms. The van der Waals surface area contributed by atoms with Gasteiger partial charge in [0, 0.05) is 18.0 Å². The molecule has 148 valence electrons. The summed E-state index contributed by atoms with van der Waals surface area (Å²) in [7, 11) is 1.53. The molecule has 1 aromatic carbocycles. The van der Waals surface area contributed by atoms with Crippen LogP contribution in [0.1, 0.15) is 13.8 Å². The van der Waals surface area contributed by atoms with E-state index in [0.29, 0.717) is 11.0 Å². The number of hydrogen-bond acceptors (Lipinski definition) is 7. The van der Waals surface area contributed by atoms with Gasteiger partial charge in [-0.1, -0.05) is 30.0 Å². The number of benzene rings is 1. The highest BCUT2D eigenvalue weighted by molar-refractivity contribution is 8.01. The third-order valence-electron chi connectivity index (χ3n) is 4.19. The van der Waals surface area contributed by atoms with E-state index in [1.165, 1.54) is 18.6 Å². The number of ether oxygens (including phenoxy) is 2. The molecular weight excluding hydrogens is 382 g/mol. The lowest BCUT2D eigenvalue weighted by atomic mass is 10.2. The molecule has 0 amide bonds. The number of nitrogens with one attached hydrogen (secondary N) is 1. The molecule has 3 aromatic rings. The summed E-state index contributed by atoms with van der Waals surface area (Å²) in [5.74, 6) is -1.01. The molecule has 9 heteroatoms. The maximum absolute atomic E-state index is 13.1. The molecule has 0 fully saturated rings. The summed E-state index contributed by atoms with van der Waals surface area (Å²) in [6, 6.07) is 7.45. The number of carbonyl (C=O) groups is 2. The van der Waals surface area contributed by atoms with Crippen LogP contribution in [-0.4, -0.2) is 51.9 Å². The number of nitrogens with zero attached hydrogens (tertiary/aromatic N) is 2. The predicted octanol–water partition coefficient (Wildman–Crippen LogP) is 2.14. The monoisotopic (exact) mass is 403 g/mol. The number of rotatable bonds is 8. The van der Waals surface area contributed by atoms with Crippen molar-refractivity contribution in [3.8, 4) is 0 Å². The molecule has 3 rings (SSSR count). The van der Waals surface area contributed by atoms with E-state index in [1.807, 2.05) is 24.3 Å². The van der Waals surface area contributed by atoms with Gasteiger partial charge in [0.15, 0.2) is 16.2 Å². The van der Waals surface area contributed by atoms with Gasteiger partial charge in [-0.05, 0) is 19.9 Å². The molecule has 1 N–H and O–H groups in total. The molecule has 2 aromatic heterocycles. The minimum Gasteiger partial charge on any atom is -0.465 e. The van der Waals surface area contributed by atoms with Crippen molar-refractivity contribution in [2.75, 3.05) is 20.3 Å². The lowest BCUT2D eigenvalue weighted by molar-refractivity contribution is -0.144. The van der Waals surface area contributed by atoms with Crippen molar-refractivity contribution in [2.24, 2.45) is 0 Å². The van der Waals surface area contributed by atoms with E-state index in [1.54, 1.807) is 6.92 Å². The van der Waals surface area contributed by atoms with Crippen LogP contribution in [0.5, 0.6) is 0 Å². The quantitative estimate of drug-likeness (QED) is 0.266. The second-order valence-corrected chi connectivity index (χ2v) is 7.17. The maximum atomic E-state index is 13.1. The first-order valence-electron chi connectivity index (χ1n) is 8.81. The zero-order valence-corrected chi connectivity index (χ0v) is 16.7. The second kappa shape index (κ2) is 8.57. The van der Waals surface area contributed by atoms with Gasteiger partial charge in [0.25, 0.3) is 5.56 Å². The Bertz CT molecular complexity index is 1090. The molecule has 0 aliphatic carbocycles. The molecule has 28 heavy (non-hydrogen) atoms. The Kier molecular flexibility index (Phi) is 6.15. The Morgan fingerprint density at radius 2 is 2.07 bits per heavy atom. The van der Waals surface area contributed by atoms with Crippen molar-refractivity contribution in [3.63, 3.8) is 0 Å². The number of H-pyrrole nitrogens is 1. The van der Waals surface area contributed by atoms with Crippen molar-refractivity contribution >= 4 is 45.5 Å². The summed E-state index contributed by atoms with van der Waals surface area (Å²) in [5, 5.41) is -0.0262. The van der Waals surface area contributed by atoms with Gasteiger partial charge < -0.3 is 14.5 Å². The Morgan fingerprint density at radius 1 is 1.32 bits per heavy atom. The van der Waals surface area contributed by atoms with Crippen LogP contribution in [0.3, 0.4) is 0 Å². The van der Waals surface area contributed by atoms with Crippen molar-refractivity contribution in [2.45, 2.75) is 30.8 Å². The number of thioether (sulfide) groups is 1. The van der Waals surface area contributed by atoms with Gasteiger partial charge in [0.05, 0.1) is 19.8 Å². The summed E-state index contributed by atoms with van der Waals surface area (Å²) in [6.45, 7) is 3.67. The van der Waals surface area contributed by atoms with Crippen LogP contribution >= 0.6 is 11.8 Å². The van der Waals surface area contributed by atoms with Crippen LogP contribution in [-0.2, 0) is 25.6 Å². The molecule has 0 saturated heterocycles. The normalized spacial score (nSPS) is 12.4. The van der Waals surface area contributed by atoms with E-state index in [2.05, 4.69) is 9.97 Å². The fourth-order valence-electron chi connectivity index (χ4n) is 2.87. The number of para-hydroxylation sites is 1. The average Bonchev–Trinajstić information content (AvgIpc) is 3.04. The third kappa shape index (κ3) is 3.81. The first-order valence-corrected chi connectivity index (χ1v) is 9.69. The highest BCUT2D eigenvalue weighted by Gasteiger charge is 2.29. The fourth-order valence-corrected chi connectivity index (χ4v) is 3.85. The smallest absolute Gasteiger partial charge is 0.327 e. The van der Waals surface area contributed by atoms with E-state index in [9.17, 15) is 14.4 Å². The summed E-state index contributed by atoms with van der Waals surface area (Å²) >= 11 is 0.921. The standard InChI is InChI=1S/C19H21N3O5S/c1-4-27-18(25)16(11(2)23)28-19-21-14-12-7-5-6-8-13(12)20-15(14)17(24)22(19)9-10-26-3/h5-8,16,20H,4,9-10H2,1-3H3. The van der Waals surface area contributed by atoms with E-state index < -0.39 is 11.2 Å². The number of esters is 1. The van der Waals surface area contributed by atoms with Crippen LogP contribution in [0.15, 0.2) is 34.2 Å². The Hall–Kier alpha value is -2.65. The molecule has 0 aliphatic rings. The van der Waals surface area contributed by atoms with Gasteiger partial charge >= 0.3 is 5.97 Å². The van der Waals surface area contributed by atoms with Crippen molar-refractivity contribution < 1.29 is 19.1 Å². The topological polar surface area (TPSA) is 103 Å². The number of hydrogen-bond donors (Lipinski definition) is 1. The first-order chi connectivity index (χ1) is 13.5. The first kappa shape index (κ1) is 20.1. The second-order valence-electron chi connectivity index (χ2n) is 6.10. The third-order valence-corrected chi connectivity index (χ3v) is 5.47. The number of aromatic nitrogens is 3. The molecule has 1 unspecified atom stereocenters. The van der Waals surface area contributed by atoms with Crippen molar-refractivity contribution in [1.29, 1.82) is 0 Å². The lowest BCUT2D eigenvalue weighted by Crippen LogP contribution is -2.30. The summed E-state index contributed by atoms with van der Waals surface area (Å²) in [4.78, 5) is 45.1. The Morgan fingerprint density at radius 3 is 2.75 bits per heavy atom. The molecule has 1 atom stereocenters. The van der Waals surface area contributed by atoms with Gasteiger partial charge in [-0.2, -0.15) is 0 Å². The fraction of sp³-hybridized carbons (Fsp3) is 0.368. The predicted molar refractivity (Wildman–Crippen MR) is 107 cm³/mol. The van der Waals surface area contributed by atoms with E-state index >= 15 is 0 Å².